The lowest BCUT2D eigenvalue weighted by Crippen LogP contribution is -2.25. The Morgan fingerprint density at radius 2 is 1.90 bits per heavy atom. The van der Waals surface area contributed by atoms with Crippen LogP contribution in [0.5, 0.6) is 11.5 Å². The van der Waals surface area contributed by atoms with Gasteiger partial charge in [-0.3, -0.25) is 9.59 Å². The number of ether oxygens (including phenoxy) is 3. The summed E-state index contributed by atoms with van der Waals surface area (Å²) < 4.78 is 45.0. The van der Waals surface area contributed by atoms with Gasteiger partial charge in [-0.15, -0.1) is 8.78 Å². The van der Waals surface area contributed by atoms with Gasteiger partial charge in [0.2, 0.25) is 0 Å². The summed E-state index contributed by atoms with van der Waals surface area (Å²) in [6.07, 6.45) is -3.53. The Kier molecular flexibility index (Phi) is 4.75. The lowest BCUT2D eigenvalue weighted by Gasteiger charge is -2.07. The predicted octanol–water partition coefficient (Wildman–Crippen LogP) is 3.26. The Bertz CT molecular complexity index is 1050. The standard InChI is InChI=1S/C19H14F2N2O6/c20-19(21)28-14-6-5-11(9-15(14)29-19)22-16(24)10-26-18(25)8-7-17-23-12-3-1-2-4-13(12)27-17/h1-6,9H,7-8,10H2,(H,22,24). The molecular formula is C19H14F2N2O6. The molecule has 0 saturated carbocycles. The summed E-state index contributed by atoms with van der Waals surface area (Å²) in [4.78, 5) is 28.0. The van der Waals surface area contributed by atoms with E-state index in [1.807, 2.05) is 12.1 Å². The molecule has 0 fully saturated rings. The quantitative estimate of drug-likeness (QED) is 0.630. The number of carbonyl (C=O) groups is 2. The maximum absolute atomic E-state index is 13.0. The molecule has 0 aliphatic carbocycles. The van der Waals surface area contributed by atoms with Crippen LogP contribution in [0.3, 0.4) is 0 Å². The maximum atomic E-state index is 13.0. The van der Waals surface area contributed by atoms with Crippen molar-refractivity contribution in [2.75, 3.05) is 11.9 Å². The summed E-state index contributed by atoms with van der Waals surface area (Å²) in [5.74, 6) is -1.19. The van der Waals surface area contributed by atoms with Gasteiger partial charge in [0.15, 0.2) is 29.6 Å². The van der Waals surface area contributed by atoms with Crippen molar-refractivity contribution in [2.24, 2.45) is 0 Å². The Balaban J connectivity index is 1.24. The molecule has 1 aliphatic rings. The van der Waals surface area contributed by atoms with E-state index in [0.29, 0.717) is 17.0 Å². The minimum atomic E-state index is -3.74. The highest BCUT2D eigenvalue weighted by molar-refractivity contribution is 5.93. The molecule has 0 unspecified atom stereocenters. The highest BCUT2D eigenvalue weighted by Crippen LogP contribution is 2.42. The Morgan fingerprint density at radius 1 is 1.10 bits per heavy atom. The molecule has 2 heterocycles. The molecule has 1 amide bonds. The average Bonchev–Trinajstić information content (AvgIpc) is 3.22. The van der Waals surface area contributed by atoms with Crippen LogP contribution in [0.25, 0.3) is 11.1 Å². The van der Waals surface area contributed by atoms with Crippen LogP contribution < -0.4 is 14.8 Å². The first kappa shape index (κ1) is 18.7. The van der Waals surface area contributed by atoms with Crippen LogP contribution in [0.2, 0.25) is 0 Å². The largest absolute Gasteiger partial charge is 0.586 e. The second kappa shape index (κ2) is 7.38. The zero-order chi connectivity index (χ0) is 20.4. The molecule has 0 spiro atoms. The fourth-order valence-electron chi connectivity index (χ4n) is 2.68. The first-order valence-corrected chi connectivity index (χ1v) is 8.58. The number of amides is 1. The van der Waals surface area contributed by atoms with Crippen LogP contribution in [0.4, 0.5) is 14.5 Å². The molecule has 1 aliphatic heterocycles. The number of nitrogens with zero attached hydrogens (tertiary/aromatic N) is 1. The number of hydrogen-bond donors (Lipinski definition) is 1. The van der Waals surface area contributed by atoms with E-state index in [4.69, 9.17) is 9.15 Å². The zero-order valence-electron chi connectivity index (χ0n) is 14.8. The van der Waals surface area contributed by atoms with Crippen LogP contribution in [0, 0.1) is 0 Å². The molecule has 2 aromatic carbocycles. The Hall–Kier alpha value is -3.69. The molecule has 0 bridgehead atoms. The van der Waals surface area contributed by atoms with E-state index < -0.39 is 24.8 Å². The fourth-order valence-corrected chi connectivity index (χ4v) is 2.68. The van der Waals surface area contributed by atoms with E-state index in [9.17, 15) is 18.4 Å². The molecule has 29 heavy (non-hydrogen) atoms. The monoisotopic (exact) mass is 404 g/mol. The van der Waals surface area contributed by atoms with Crippen LogP contribution in [0.1, 0.15) is 12.3 Å². The predicted molar refractivity (Wildman–Crippen MR) is 94.6 cm³/mol. The molecule has 8 nitrogen and oxygen atoms in total. The molecule has 0 radical (unpaired) electrons. The van der Waals surface area contributed by atoms with Gasteiger partial charge in [-0.05, 0) is 24.3 Å². The summed E-state index contributed by atoms with van der Waals surface area (Å²) in [5.41, 5.74) is 1.51. The third kappa shape index (κ3) is 4.42. The number of carbonyl (C=O) groups excluding carboxylic acids is 2. The van der Waals surface area contributed by atoms with Gasteiger partial charge in [0, 0.05) is 18.2 Å². The molecule has 1 aromatic heterocycles. The van der Waals surface area contributed by atoms with E-state index in [1.165, 1.54) is 18.2 Å². The molecule has 3 aromatic rings. The third-order valence-corrected chi connectivity index (χ3v) is 3.93. The number of fused-ring (bicyclic) bond motifs is 2. The second-order valence-corrected chi connectivity index (χ2v) is 6.11. The van der Waals surface area contributed by atoms with E-state index >= 15 is 0 Å². The van der Waals surface area contributed by atoms with E-state index in [2.05, 4.69) is 19.8 Å². The van der Waals surface area contributed by atoms with E-state index in [0.717, 1.165) is 0 Å². The first-order chi connectivity index (χ1) is 13.9. The van der Waals surface area contributed by atoms with Crippen molar-refractivity contribution in [1.29, 1.82) is 0 Å². The number of nitrogens with one attached hydrogen (secondary N) is 1. The van der Waals surface area contributed by atoms with Crippen LogP contribution in [-0.2, 0) is 20.7 Å². The molecule has 10 heteroatoms. The molecule has 4 rings (SSSR count). The normalized spacial score (nSPS) is 14.0. The number of benzene rings is 2. The van der Waals surface area contributed by atoms with Gasteiger partial charge in [0.05, 0.1) is 6.42 Å². The Labute approximate surface area is 162 Å². The van der Waals surface area contributed by atoms with Gasteiger partial charge >= 0.3 is 12.3 Å². The minimum Gasteiger partial charge on any atom is -0.456 e. The number of hydrogen-bond acceptors (Lipinski definition) is 7. The van der Waals surface area contributed by atoms with E-state index in [-0.39, 0.29) is 30.0 Å². The molecule has 0 saturated heterocycles. The van der Waals surface area contributed by atoms with Crippen molar-refractivity contribution in [1.82, 2.24) is 4.98 Å². The Morgan fingerprint density at radius 3 is 2.72 bits per heavy atom. The van der Waals surface area contributed by atoms with E-state index in [1.54, 1.807) is 12.1 Å². The van der Waals surface area contributed by atoms with Crippen molar-refractivity contribution >= 4 is 28.7 Å². The van der Waals surface area contributed by atoms with Crippen LogP contribution in [0.15, 0.2) is 46.9 Å². The van der Waals surface area contributed by atoms with Gasteiger partial charge < -0.3 is 23.9 Å². The van der Waals surface area contributed by atoms with Crippen molar-refractivity contribution in [3.8, 4) is 11.5 Å². The molecule has 1 N–H and O–H groups in total. The van der Waals surface area contributed by atoms with Crippen LogP contribution in [-0.4, -0.2) is 29.8 Å². The minimum absolute atomic E-state index is 0.0147. The summed E-state index contributed by atoms with van der Waals surface area (Å²) in [7, 11) is 0. The van der Waals surface area contributed by atoms with Gasteiger partial charge in [-0.2, -0.15) is 0 Å². The number of rotatable bonds is 6. The number of anilines is 1. The highest BCUT2D eigenvalue weighted by Gasteiger charge is 2.43. The molecule has 0 atom stereocenters. The van der Waals surface area contributed by atoms with Crippen LogP contribution >= 0.6 is 0 Å². The number of aromatic nitrogens is 1. The zero-order valence-corrected chi connectivity index (χ0v) is 14.8. The summed E-state index contributed by atoms with van der Waals surface area (Å²) in [5, 5.41) is 2.42. The topological polar surface area (TPSA) is 99.9 Å². The number of alkyl halides is 2. The average molecular weight is 404 g/mol. The number of esters is 1. The first-order valence-electron chi connectivity index (χ1n) is 8.58. The lowest BCUT2D eigenvalue weighted by atomic mass is 10.3. The summed E-state index contributed by atoms with van der Waals surface area (Å²) in [6.45, 7) is -0.531. The van der Waals surface area contributed by atoms with Gasteiger partial charge in [0.1, 0.15) is 5.52 Å². The van der Waals surface area contributed by atoms with Crippen molar-refractivity contribution < 1.29 is 37.0 Å². The second-order valence-electron chi connectivity index (χ2n) is 6.11. The van der Waals surface area contributed by atoms with Gasteiger partial charge in [0.25, 0.3) is 5.91 Å². The maximum Gasteiger partial charge on any atom is 0.586 e. The fraction of sp³-hybridized carbons (Fsp3) is 0.211. The summed E-state index contributed by atoms with van der Waals surface area (Å²) in [6, 6.07) is 11.0. The highest BCUT2D eigenvalue weighted by atomic mass is 19.3. The van der Waals surface area contributed by atoms with Gasteiger partial charge in [-0.1, -0.05) is 12.1 Å². The summed E-state index contributed by atoms with van der Waals surface area (Å²) >= 11 is 0. The molecule has 150 valence electrons. The van der Waals surface area contributed by atoms with Crippen molar-refractivity contribution in [2.45, 2.75) is 19.1 Å². The van der Waals surface area contributed by atoms with Gasteiger partial charge in [-0.25, -0.2) is 4.98 Å². The number of aryl methyl sites for hydroxylation is 1. The van der Waals surface area contributed by atoms with Crippen molar-refractivity contribution in [3.05, 3.63) is 48.4 Å². The number of para-hydroxylation sites is 2. The molecular weight excluding hydrogens is 390 g/mol. The third-order valence-electron chi connectivity index (χ3n) is 3.93. The SMILES string of the molecule is O=C(COC(=O)CCc1nc2ccccc2o1)Nc1ccc2c(c1)OC(F)(F)O2. The number of oxazole rings is 1. The lowest BCUT2D eigenvalue weighted by molar-refractivity contribution is -0.286. The number of halogens is 2. The van der Waals surface area contributed by atoms with Crippen molar-refractivity contribution in [3.63, 3.8) is 0 Å². The smallest absolute Gasteiger partial charge is 0.456 e.